The number of hydrogen-bond donors (Lipinski definition) is 1. The number of aryl methyl sites for hydroxylation is 1. The van der Waals surface area contributed by atoms with Crippen molar-refractivity contribution in [3.63, 3.8) is 0 Å². The van der Waals surface area contributed by atoms with Gasteiger partial charge in [-0.2, -0.15) is 0 Å². The highest BCUT2D eigenvalue weighted by Gasteiger charge is 2.34. The number of anilines is 1. The van der Waals surface area contributed by atoms with Crippen molar-refractivity contribution in [2.75, 3.05) is 18.1 Å². The van der Waals surface area contributed by atoms with Crippen molar-refractivity contribution in [2.45, 2.75) is 19.3 Å². The highest BCUT2D eigenvalue weighted by Crippen LogP contribution is 2.27. The molecule has 5 nitrogen and oxygen atoms in total. The van der Waals surface area contributed by atoms with Gasteiger partial charge in [0.2, 0.25) is 5.91 Å². The molecule has 5 heteroatoms. The molecule has 1 heterocycles. The Bertz CT molecular complexity index is 727. The van der Waals surface area contributed by atoms with Crippen molar-refractivity contribution in [2.24, 2.45) is 5.92 Å². The first-order valence-electron chi connectivity index (χ1n) is 8.43. The van der Waals surface area contributed by atoms with Crippen LogP contribution in [0, 0.1) is 5.92 Å². The van der Waals surface area contributed by atoms with E-state index in [1.807, 2.05) is 30.3 Å². The zero-order chi connectivity index (χ0) is 17.6. The molecule has 1 aliphatic heterocycles. The van der Waals surface area contributed by atoms with Crippen LogP contribution in [0.15, 0.2) is 54.6 Å². The monoisotopic (exact) mass is 339 g/mol. The molecule has 1 atom stereocenters. The smallest absolute Gasteiger partial charge is 0.308 e. The molecule has 0 saturated carbocycles. The lowest BCUT2D eigenvalue weighted by Gasteiger charge is -2.16. The molecule has 2 aromatic rings. The normalized spacial score (nSPS) is 16.9. The van der Waals surface area contributed by atoms with Crippen LogP contribution < -0.4 is 9.64 Å². The number of carboxylic acids is 1. The number of rotatable bonds is 7. The van der Waals surface area contributed by atoms with E-state index < -0.39 is 11.9 Å². The lowest BCUT2D eigenvalue weighted by Crippen LogP contribution is -2.25. The minimum atomic E-state index is -0.922. The molecule has 0 spiro atoms. The van der Waals surface area contributed by atoms with Crippen LogP contribution >= 0.6 is 0 Å². The van der Waals surface area contributed by atoms with Crippen LogP contribution in [0.2, 0.25) is 0 Å². The fourth-order valence-corrected chi connectivity index (χ4v) is 2.96. The second kappa shape index (κ2) is 7.83. The van der Waals surface area contributed by atoms with Crippen molar-refractivity contribution >= 4 is 17.6 Å². The number of aliphatic carboxylic acids is 1. The summed E-state index contributed by atoms with van der Waals surface area (Å²) in [7, 11) is 0. The van der Waals surface area contributed by atoms with Crippen LogP contribution in [0.25, 0.3) is 0 Å². The van der Waals surface area contributed by atoms with E-state index in [9.17, 15) is 9.59 Å². The SMILES string of the molecule is O=C(O)C1CC(=O)N(c2ccc(OCCCc3ccccc3)cc2)C1. The van der Waals surface area contributed by atoms with Gasteiger partial charge in [0.25, 0.3) is 0 Å². The summed E-state index contributed by atoms with van der Waals surface area (Å²) in [6, 6.07) is 17.5. The van der Waals surface area contributed by atoms with Crippen LogP contribution in [0.5, 0.6) is 5.75 Å². The molecule has 1 unspecified atom stereocenters. The molecular formula is C20H21NO4. The van der Waals surface area contributed by atoms with Crippen LogP contribution in [0.4, 0.5) is 5.69 Å². The van der Waals surface area contributed by atoms with Gasteiger partial charge in [-0.05, 0) is 42.7 Å². The highest BCUT2D eigenvalue weighted by atomic mass is 16.5. The van der Waals surface area contributed by atoms with E-state index >= 15 is 0 Å². The van der Waals surface area contributed by atoms with Gasteiger partial charge in [0.15, 0.2) is 0 Å². The van der Waals surface area contributed by atoms with Crippen molar-refractivity contribution < 1.29 is 19.4 Å². The Morgan fingerprint density at radius 2 is 1.84 bits per heavy atom. The first-order valence-corrected chi connectivity index (χ1v) is 8.43. The molecule has 1 fully saturated rings. The minimum absolute atomic E-state index is 0.0626. The Balaban J connectivity index is 1.49. The van der Waals surface area contributed by atoms with Gasteiger partial charge in [0, 0.05) is 18.7 Å². The van der Waals surface area contributed by atoms with Gasteiger partial charge >= 0.3 is 5.97 Å². The molecule has 130 valence electrons. The lowest BCUT2D eigenvalue weighted by atomic mass is 10.1. The number of carbonyl (C=O) groups excluding carboxylic acids is 1. The van der Waals surface area contributed by atoms with Crippen molar-refractivity contribution in [3.8, 4) is 5.75 Å². The number of nitrogens with zero attached hydrogens (tertiary/aromatic N) is 1. The summed E-state index contributed by atoms with van der Waals surface area (Å²) in [5, 5.41) is 9.04. The average Bonchev–Trinajstić information content (AvgIpc) is 3.02. The first kappa shape index (κ1) is 17.0. The number of carbonyl (C=O) groups is 2. The van der Waals surface area contributed by atoms with Gasteiger partial charge in [-0.3, -0.25) is 9.59 Å². The minimum Gasteiger partial charge on any atom is -0.494 e. The first-order chi connectivity index (χ1) is 12.1. The summed E-state index contributed by atoms with van der Waals surface area (Å²) in [5.74, 6) is -0.946. The molecule has 2 aromatic carbocycles. The molecular weight excluding hydrogens is 318 g/mol. The standard InChI is InChI=1S/C20H21NO4/c22-19-13-16(20(23)24)14-21(19)17-8-10-18(11-9-17)25-12-4-7-15-5-2-1-3-6-15/h1-3,5-6,8-11,16H,4,7,12-14H2,(H,23,24). The average molecular weight is 339 g/mol. The van der Waals surface area contributed by atoms with E-state index in [1.54, 1.807) is 12.1 Å². The van der Waals surface area contributed by atoms with Gasteiger partial charge in [-0.15, -0.1) is 0 Å². The zero-order valence-corrected chi connectivity index (χ0v) is 13.9. The van der Waals surface area contributed by atoms with Crippen LogP contribution in [-0.4, -0.2) is 30.1 Å². The zero-order valence-electron chi connectivity index (χ0n) is 13.9. The van der Waals surface area contributed by atoms with E-state index in [2.05, 4.69) is 12.1 Å². The molecule has 1 saturated heterocycles. The maximum atomic E-state index is 12.0. The summed E-state index contributed by atoms with van der Waals surface area (Å²) < 4.78 is 5.73. The second-order valence-electron chi connectivity index (χ2n) is 6.18. The summed E-state index contributed by atoms with van der Waals surface area (Å²) in [6.45, 7) is 0.851. The highest BCUT2D eigenvalue weighted by molar-refractivity contribution is 5.99. The van der Waals surface area contributed by atoms with Crippen molar-refractivity contribution in [1.29, 1.82) is 0 Å². The van der Waals surface area contributed by atoms with Gasteiger partial charge in [-0.25, -0.2) is 0 Å². The molecule has 25 heavy (non-hydrogen) atoms. The third-order valence-electron chi connectivity index (χ3n) is 4.34. The molecule has 1 amide bonds. The van der Waals surface area contributed by atoms with Crippen molar-refractivity contribution in [3.05, 3.63) is 60.2 Å². The van der Waals surface area contributed by atoms with Gasteiger partial charge < -0.3 is 14.7 Å². The van der Waals surface area contributed by atoms with E-state index in [-0.39, 0.29) is 18.9 Å². The second-order valence-corrected chi connectivity index (χ2v) is 6.18. The Labute approximate surface area is 146 Å². The maximum absolute atomic E-state index is 12.0. The predicted molar refractivity (Wildman–Crippen MR) is 94.8 cm³/mol. The van der Waals surface area contributed by atoms with Crippen LogP contribution in [0.1, 0.15) is 18.4 Å². The Hall–Kier alpha value is -2.82. The molecule has 3 rings (SSSR count). The van der Waals surface area contributed by atoms with Crippen LogP contribution in [0.3, 0.4) is 0 Å². The Morgan fingerprint density at radius 3 is 2.48 bits per heavy atom. The third-order valence-corrected chi connectivity index (χ3v) is 4.34. The quantitative estimate of drug-likeness (QED) is 0.787. The number of hydrogen-bond acceptors (Lipinski definition) is 3. The van der Waals surface area contributed by atoms with Gasteiger partial charge in [0.05, 0.1) is 12.5 Å². The Kier molecular flexibility index (Phi) is 5.33. The molecule has 0 bridgehead atoms. The number of carboxylic acid groups (broad SMARTS) is 1. The predicted octanol–water partition coefficient (Wildman–Crippen LogP) is 3.14. The molecule has 1 aliphatic rings. The van der Waals surface area contributed by atoms with E-state index in [0.717, 1.165) is 18.6 Å². The Morgan fingerprint density at radius 1 is 1.12 bits per heavy atom. The summed E-state index contributed by atoms with van der Waals surface area (Å²) in [5.41, 5.74) is 2.01. The molecule has 0 aliphatic carbocycles. The number of amides is 1. The lowest BCUT2D eigenvalue weighted by molar-refractivity contribution is -0.141. The molecule has 0 radical (unpaired) electrons. The van der Waals surface area contributed by atoms with Crippen molar-refractivity contribution in [1.82, 2.24) is 0 Å². The number of benzene rings is 2. The van der Waals surface area contributed by atoms with Crippen LogP contribution in [-0.2, 0) is 16.0 Å². The largest absolute Gasteiger partial charge is 0.494 e. The van der Waals surface area contributed by atoms with Gasteiger partial charge in [-0.1, -0.05) is 30.3 Å². The fraction of sp³-hybridized carbons (Fsp3) is 0.300. The fourth-order valence-electron chi connectivity index (χ4n) is 2.96. The summed E-state index contributed by atoms with van der Waals surface area (Å²) in [4.78, 5) is 24.5. The summed E-state index contributed by atoms with van der Waals surface area (Å²) >= 11 is 0. The molecule has 0 aromatic heterocycles. The molecule has 1 N–H and O–H groups in total. The third kappa shape index (κ3) is 4.38. The number of ether oxygens (including phenoxy) is 1. The maximum Gasteiger partial charge on any atom is 0.308 e. The summed E-state index contributed by atoms with van der Waals surface area (Å²) in [6.07, 6.45) is 1.96. The van der Waals surface area contributed by atoms with E-state index in [0.29, 0.717) is 12.3 Å². The topological polar surface area (TPSA) is 66.8 Å². The van der Waals surface area contributed by atoms with E-state index in [4.69, 9.17) is 9.84 Å². The van der Waals surface area contributed by atoms with E-state index in [1.165, 1.54) is 10.5 Å². The van der Waals surface area contributed by atoms with Gasteiger partial charge in [0.1, 0.15) is 5.75 Å².